The fraction of sp³-hybridized carbons (Fsp3) is 0.318. The van der Waals surface area contributed by atoms with E-state index in [1.54, 1.807) is 42.5 Å². The van der Waals surface area contributed by atoms with Gasteiger partial charge in [0.2, 0.25) is 5.89 Å². The Bertz CT molecular complexity index is 1150. The third kappa shape index (κ3) is 4.12. The van der Waals surface area contributed by atoms with Crippen molar-refractivity contribution in [2.24, 2.45) is 0 Å². The maximum absolute atomic E-state index is 12.3. The molecule has 0 radical (unpaired) electrons. The van der Waals surface area contributed by atoms with E-state index < -0.39 is 0 Å². The summed E-state index contributed by atoms with van der Waals surface area (Å²) in [6.45, 7) is 0.0814. The van der Waals surface area contributed by atoms with E-state index in [1.807, 2.05) is 0 Å². The highest BCUT2D eigenvalue weighted by molar-refractivity contribution is 6.42. The number of benzene rings is 2. The number of aromatic nitrogens is 2. The van der Waals surface area contributed by atoms with Crippen molar-refractivity contribution in [2.75, 3.05) is 6.61 Å². The number of halogens is 3. The molecule has 10 heteroatoms. The zero-order valence-corrected chi connectivity index (χ0v) is 19.0. The minimum absolute atomic E-state index is 0.0978. The van der Waals surface area contributed by atoms with Crippen molar-refractivity contribution in [1.29, 1.82) is 0 Å². The van der Waals surface area contributed by atoms with Crippen LogP contribution in [-0.4, -0.2) is 28.3 Å². The van der Waals surface area contributed by atoms with Crippen molar-refractivity contribution < 1.29 is 18.7 Å². The number of hydrogen-bond acceptors (Lipinski definition) is 6. The summed E-state index contributed by atoms with van der Waals surface area (Å²) in [5, 5.41) is 12.8. The highest BCUT2D eigenvalue weighted by Crippen LogP contribution is 2.67. The summed E-state index contributed by atoms with van der Waals surface area (Å²) in [5.41, 5.74) is -0.393. The number of rotatable bonds is 8. The zero-order valence-electron chi connectivity index (χ0n) is 16.7. The van der Waals surface area contributed by atoms with Gasteiger partial charge in [-0.15, -0.1) is 10.2 Å². The lowest BCUT2D eigenvalue weighted by atomic mass is 9.39. The van der Waals surface area contributed by atoms with Gasteiger partial charge in [0.05, 0.1) is 15.5 Å². The lowest BCUT2D eigenvalue weighted by Gasteiger charge is -2.68. The van der Waals surface area contributed by atoms with Crippen LogP contribution < -0.4 is 14.8 Å². The molecular formula is C22H18Cl3N3O4. The Labute approximate surface area is 199 Å². The highest BCUT2D eigenvalue weighted by Gasteiger charge is 2.71. The first kappa shape index (κ1) is 21.4. The van der Waals surface area contributed by atoms with Gasteiger partial charge < -0.3 is 19.2 Å². The summed E-state index contributed by atoms with van der Waals surface area (Å²) in [4.78, 5) is 12.3. The van der Waals surface area contributed by atoms with E-state index in [0.717, 1.165) is 19.3 Å². The van der Waals surface area contributed by atoms with Gasteiger partial charge in [-0.25, -0.2) is 0 Å². The lowest BCUT2D eigenvalue weighted by Crippen LogP contribution is -2.77. The first-order valence-corrected chi connectivity index (χ1v) is 11.1. The van der Waals surface area contributed by atoms with Crippen LogP contribution in [0.5, 0.6) is 11.5 Å². The molecule has 0 saturated heterocycles. The molecule has 3 aliphatic rings. The van der Waals surface area contributed by atoms with Gasteiger partial charge in [0.1, 0.15) is 11.5 Å². The average Bonchev–Trinajstić information content (AvgIpc) is 3.19. The summed E-state index contributed by atoms with van der Waals surface area (Å²) in [7, 11) is 0. The molecule has 32 heavy (non-hydrogen) atoms. The first-order valence-electron chi connectivity index (χ1n) is 9.95. The van der Waals surface area contributed by atoms with Crippen LogP contribution in [0.2, 0.25) is 15.1 Å². The molecule has 2 bridgehead atoms. The van der Waals surface area contributed by atoms with E-state index in [0.29, 0.717) is 38.3 Å². The van der Waals surface area contributed by atoms with E-state index in [-0.39, 0.29) is 30.1 Å². The molecule has 0 spiro atoms. The number of nitrogens with one attached hydrogen (secondary N) is 1. The van der Waals surface area contributed by atoms with Gasteiger partial charge in [-0.05, 0) is 55.7 Å². The molecule has 0 aliphatic heterocycles. The molecule has 2 aromatic carbocycles. The van der Waals surface area contributed by atoms with Crippen molar-refractivity contribution in [2.45, 2.75) is 36.8 Å². The fourth-order valence-corrected chi connectivity index (χ4v) is 4.81. The highest BCUT2D eigenvalue weighted by atomic mass is 35.5. The lowest BCUT2D eigenvalue weighted by molar-refractivity contribution is -0.143. The molecule has 0 atom stereocenters. The summed E-state index contributed by atoms with van der Waals surface area (Å²) < 4.78 is 17.0. The first-order chi connectivity index (χ1) is 15.3. The maximum Gasteiger partial charge on any atom is 0.258 e. The summed E-state index contributed by atoms with van der Waals surface area (Å²) in [6, 6.07) is 11.9. The summed E-state index contributed by atoms with van der Waals surface area (Å²) in [5.74, 6) is 1.97. The van der Waals surface area contributed by atoms with E-state index in [9.17, 15) is 4.79 Å². The number of amides is 1. The van der Waals surface area contributed by atoms with Crippen molar-refractivity contribution in [3.63, 3.8) is 0 Å². The van der Waals surface area contributed by atoms with Gasteiger partial charge in [-0.2, -0.15) is 0 Å². The Morgan fingerprint density at radius 3 is 2.41 bits per heavy atom. The molecule has 0 unspecified atom stereocenters. The second-order valence-corrected chi connectivity index (χ2v) is 9.50. The Balaban J connectivity index is 1.09. The Morgan fingerprint density at radius 1 is 0.969 bits per heavy atom. The largest absolute Gasteiger partial charge is 0.484 e. The smallest absolute Gasteiger partial charge is 0.258 e. The predicted octanol–water partition coefficient (Wildman–Crippen LogP) is 4.98. The van der Waals surface area contributed by atoms with Gasteiger partial charge in [0.15, 0.2) is 13.2 Å². The van der Waals surface area contributed by atoms with Gasteiger partial charge in [-0.3, -0.25) is 4.79 Å². The van der Waals surface area contributed by atoms with E-state index in [4.69, 9.17) is 48.7 Å². The van der Waals surface area contributed by atoms with Crippen LogP contribution in [0.25, 0.3) is 0 Å². The molecular weight excluding hydrogens is 477 g/mol. The van der Waals surface area contributed by atoms with Gasteiger partial charge in [0, 0.05) is 16.6 Å². The number of carbonyl (C=O) groups is 1. The third-order valence-corrected chi connectivity index (χ3v) is 6.78. The van der Waals surface area contributed by atoms with Crippen molar-refractivity contribution >= 4 is 40.7 Å². The predicted molar refractivity (Wildman–Crippen MR) is 118 cm³/mol. The molecule has 1 N–H and O–H groups in total. The van der Waals surface area contributed by atoms with E-state index in [2.05, 4.69) is 15.5 Å². The number of hydrogen-bond donors (Lipinski definition) is 1. The molecule has 166 valence electrons. The Kier molecular flexibility index (Phi) is 5.43. The van der Waals surface area contributed by atoms with Crippen LogP contribution >= 0.6 is 34.8 Å². The molecule has 1 aromatic heterocycles. The molecule has 3 fully saturated rings. The van der Waals surface area contributed by atoms with E-state index >= 15 is 0 Å². The fourth-order valence-electron chi connectivity index (χ4n) is 4.40. The van der Waals surface area contributed by atoms with Gasteiger partial charge in [-0.1, -0.05) is 34.8 Å². The quantitative estimate of drug-likeness (QED) is 0.475. The molecule has 3 aliphatic carbocycles. The van der Waals surface area contributed by atoms with Gasteiger partial charge in [0.25, 0.3) is 11.8 Å². The average molecular weight is 495 g/mol. The molecule has 6 rings (SSSR count). The van der Waals surface area contributed by atoms with Gasteiger partial charge >= 0.3 is 0 Å². The Morgan fingerprint density at radius 2 is 1.69 bits per heavy atom. The maximum atomic E-state index is 12.3. The van der Waals surface area contributed by atoms with Crippen molar-refractivity contribution in [1.82, 2.24) is 15.5 Å². The van der Waals surface area contributed by atoms with E-state index in [1.165, 1.54) is 0 Å². The molecule has 1 amide bonds. The minimum atomic E-state index is -0.230. The van der Waals surface area contributed by atoms with Crippen LogP contribution in [0, 0.1) is 0 Å². The van der Waals surface area contributed by atoms with Crippen LogP contribution in [0.4, 0.5) is 0 Å². The number of carbonyl (C=O) groups excluding carboxylic acids is 1. The van der Waals surface area contributed by atoms with Crippen LogP contribution in [0.1, 0.15) is 31.0 Å². The Hall–Kier alpha value is -2.48. The monoisotopic (exact) mass is 493 g/mol. The normalized spacial score (nSPS) is 23.1. The summed E-state index contributed by atoms with van der Waals surface area (Å²) in [6.07, 6.45) is 2.29. The van der Waals surface area contributed by atoms with Crippen molar-refractivity contribution in [3.8, 4) is 11.5 Å². The van der Waals surface area contributed by atoms with Crippen LogP contribution in [0.3, 0.4) is 0 Å². The second-order valence-electron chi connectivity index (χ2n) is 8.25. The number of ether oxygens (including phenoxy) is 2. The molecule has 1 heterocycles. The summed E-state index contributed by atoms with van der Waals surface area (Å²) >= 11 is 17.7. The molecule has 3 aromatic rings. The SMILES string of the molecule is O=C(COc1ccc(Cl)c(Cl)c1)NC12CC(c3nnc(COc4ccc(Cl)cc4)o3)(C1)C2. The second kappa shape index (κ2) is 8.14. The molecule has 7 nitrogen and oxygen atoms in total. The van der Waals surface area contributed by atoms with Crippen LogP contribution in [0.15, 0.2) is 46.9 Å². The molecule has 3 saturated carbocycles. The standard InChI is InChI=1S/C22H18Cl3N3O4/c23-13-1-3-14(4-2-13)31-9-19-27-28-20(32-19)21-10-22(11-21,12-21)26-18(29)8-30-15-5-6-16(24)17(25)7-15/h1-7H,8-12H2,(H,26,29). The zero-order chi connectivity index (χ0) is 22.3. The number of nitrogens with zero attached hydrogens (tertiary/aromatic N) is 2. The van der Waals surface area contributed by atoms with Crippen molar-refractivity contribution in [3.05, 3.63) is 69.3 Å². The third-order valence-electron chi connectivity index (χ3n) is 5.79. The minimum Gasteiger partial charge on any atom is -0.484 e. The van der Waals surface area contributed by atoms with Crippen LogP contribution in [-0.2, 0) is 16.8 Å². The topological polar surface area (TPSA) is 86.5 Å².